The summed E-state index contributed by atoms with van der Waals surface area (Å²) in [5.74, 6) is 0.714. The SMILES string of the molecule is Cc1ccc(C(N)=S)c(NCCC(=O)NC2CC2)n1. The minimum absolute atomic E-state index is 0.0690. The molecule has 2 rings (SSSR count). The van der Waals surface area contributed by atoms with E-state index in [4.69, 9.17) is 18.0 Å². The highest BCUT2D eigenvalue weighted by molar-refractivity contribution is 7.80. The molecule has 0 bridgehead atoms. The third-order valence-corrected chi connectivity index (χ3v) is 3.11. The Hall–Kier alpha value is -1.69. The molecule has 0 radical (unpaired) electrons. The summed E-state index contributed by atoms with van der Waals surface area (Å²) >= 11 is 4.98. The topological polar surface area (TPSA) is 80.0 Å². The minimum Gasteiger partial charge on any atom is -0.389 e. The molecule has 0 aliphatic heterocycles. The number of aryl methyl sites for hydroxylation is 1. The van der Waals surface area contributed by atoms with Gasteiger partial charge in [0, 0.05) is 24.7 Å². The molecule has 1 aromatic heterocycles. The maximum Gasteiger partial charge on any atom is 0.221 e. The van der Waals surface area contributed by atoms with Crippen LogP contribution in [0.15, 0.2) is 12.1 Å². The maximum absolute atomic E-state index is 11.5. The highest BCUT2D eigenvalue weighted by atomic mass is 32.1. The number of carbonyl (C=O) groups excluding carboxylic acids is 1. The van der Waals surface area contributed by atoms with Crippen molar-refractivity contribution in [3.63, 3.8) is 0 Å². The number of nitrogens with two attached hydrogens (primary N) is 1. The number of nitrogens with zero attached hydrogens (tertiary/aromatic N) is 1. The van der Waals surface area contributed by atoms with E-state index in [0.717, 1.165) is 18.5 Å². The van der Waals surface area contributed by atoms with E-state index in [0.29, 0.717) is 35.4 Å². The molecule has 1 aliphatic carbocycles. The van der Waals surface area contributed by atoms with Gasteiger partial charge in [-0.15, -0.1) is 0 Å². The van der Waals surface area contributed by atoms with Crippen molar-refractivity contribution >= 4 is 28.9 Å². The number of hydrogen-bond donors (Lipinski definition) is 3. The molecule has 0 atom stereocenters. The van der Waals surface area contributed by atoms with Crippen LogP contribution in [0.4, 0.5) is 5.82 Å². The van der Waals surface area contributed by atoms with Gasteiger partial charge >= 0.3 is 0 Å². The van der Waals surface area contributed by atoms with Crippen molar-refractivity contribution in [3.8, 4) is 0 Å². The first-order chi connectivity index (χ1) is 9.06. The minimum atomic E-state index is 0.0690. The van der Waals surface area contributed by atoms with E-state index >= 15 is 0 Å². The molecule has 0 aromatic carbocycles. The van der Waals surface area contributed by atoms with Gasteiger partial charge in [-0.2, -0.15) is 0 Å². The number of rotatable bonds is 6. The molecule has 19 heavy (non-hydrogen) atoms. The normalized spacial score (nSPS) is 13.9. The van der Waals surface area contributed by atoms with Crippen molar-refractivity contribution in [1.29, 1.82) is 0 Å². The third kappa shape index (κ3) is 4.17. The molecule has 1 heterocycles. The molecular formula is C13H18N4OS. The molecule has 1 saturated carbocycles. The van der Waals surface area contributed by atoms with Gasteiger partial charge in [-0.1, -0.05) is 12.2 Å². The van der Waals surface area contributed by atoms with Gasteiger partial charge in [0.1, 0.15) is 10.8 Å². The molecule has 1 aromatic rings. The smallest absolute Gasteiger partial charge is 0.221 e. The van der Waals surface area contributed by atoms with E-state index in [1.807, 2.05) is 19.1 Å². The van der Waals surface area contributed by atoms with E-state index in [9.17, 15) is 4.79 Å². The fourth-order valence-electron chi connectivity index (χ4n) is 1.71. The highest BCUT2D eigenvalue weighted by Gasteiger charge is 2.22. The number of pyridine rings is 1. The van der Waals surface area contributed by atoms with Gasteiger partial charge in [0.15, 0.2) is 0 Å². The second-order valence-corrected chi connectivity index (χ2v) is 5.17. The lowest BCUT2D eigenvalue weighted by Gasteiger charge is -2.11. The summed E-state index contributed by atoms with van der Waals surface area (Å²) in [4.78, 5) is 16.2. The number of nitrogens with one attached hydrogen (secondary N) is 2. The number of amides is 1. The second kappa shape index (κ2) is 5.97. The van der Waals surface area contributed by atoms with Gasteiger partial charge in [0.05, 0.1) is 5.56 Å². The van der Waals surface area contributed by atoms with Crippen LogP contribution < -0.4 is 16.4 Å². The van der Waals surface area contributed by atoms with E-state index < -0.39 is 0 Å². The Morgan fingerprint density at radius 1 is 1.53 bits per heavy atom. The maximum atomic E-state index is 11.5. The first-order valence-electron chi connectivity index (χ1n) is 6.37. The highest BCUT2D eigenvalue weighted by Crippen LogP contribution is 2.18. The molecule has 6 heteroatoms. The van der Waals surface area contributed by atoms with Gasteiger partial charge in [-0.3, -0.25) is 4.79 Å². The van der Waals surface area contributed by atoms with Crippen molar-refractivity contribution in [2.24, 2.45) is 5.73 Å². The number of hydrogen-bond acceptors (Lipinski definition) is 4. The Kier molecular flexibility index (Phi) is 4.31. The van der Waals surface area contributed by atoms with E-state index in [2.05, 4.69) is 15.6 Å². The van der Waals surface area contributed by atoms with Crippen LogP contribution in [0.5, 0.6) is 0 Å². The molecule has 4 N–H and O–H groups in total. The zero-order chi connectivity index (χ0) is 13.8. The zero-order valence-electron chi connectivity index (χ0n) is 10.9. The van der Waals surface area contributed by atoms with Crippen LogP contribution >= 0.6 is 12.2 Å². The lowest BCUT2D eigenvalue weighted by molar-refractivity contribution is -0.120. The van der Waals surface area contributed by atoms with Crippen LogP contribution in [0.2, 0.25) is 0 Å². The molecule has 102 valence electrons. The summed E-state index contributed by atoms with van der Waals surface area (Å²) < 4.78 is 0. The Morgan fingerprint density at radius 3 is 2.89 bits per heavy atom. The van der Waals surface area contributed by atoms with Gasteiger partial charge in [-0.05, 0) is 31.9 Å². The van der Waals surface area contributed by atoms with Gasteiger partial charge < -0.3 is 16.4 Å². The van der Waals surface area contributed by atoms with Crippen LogP contribution in [-0.4, -0.2) is 28.5 Å². The lowest BCUT2D eigenvalue weighted by Crippen LogP contribution is -2.27. The van der Waals surface area contributed by atoms with Crippen LogP contribution in [0.25, 0.3) is 0 Å². The largest absolute Gasteiger partial charge is 0.389 e. The first-order valence-corrected chi connectivity index (χ1v) is 6.78. The molecule has 5 nitrogen and oxygen atoms in total. The Balaban J connectivity index is 1.88. The van der Waals surface area contributed by atoms with Crippen molar-refractivity contribution < 1.29 is 4.79 Å². The van der Waals surface area contributed by atoms with E-state index in [1.54, 1.807) is 0 Å². The predicted octanol–water partition coefficient (Wildman–Crippen LogP) is 1.10. The lowest BCUT2D eigenvalue weighted by atomic mass is 10.2. The van der Waals surface area contributed by atoms with E-state index in [1.165, 1.54) is 0 Å². The average Bonchev–Trinajstić information content (AvgIpc) is 3.12. The van der Waals surface area contributed by atoms with Crippen molar-refractivity contribution in [3.05, 3.63) is 23.4 Å². The molecule has 0 unspecified atom stereocenters. The van der Waals surface area contributed by atoms with Gasteiger partial charge in [-0.25, -0.2) is 4.98 Å². The standard InChI is InChI=1S/C13H18N4OS/c1-8-2-5-10(12(14)19)13(16-8)15-7-6-11(18)17-9-3-4-9/h2,5,9H,3-4,6-7H2,1H3,(H2,14,19)(H,15,16)(H,17,18). The predicted molar refractivity (Wildman–Crippen MR) is 79.1 cm³/mol. The summed E-state index contributed by atoms with van der Waals surface area (Å²) in [6.07, 6.45) is 2.62. The van der Waals surface area contributed by atoms with Crippen LogP contribution in [0.3, 0.4) is 0 Å². The molecule has 0 spiro atoms. The summed E-state index contributed by atoms with van der Waals surface area (Å²) in [6, 6.07) is 4.10. The summed E-state index contributed by atoms with van der Waals surface area (Å²) in [5.41, 5.74) is 7.23. The molecule has 1 fully saturated rings. The fraction of sp³-hybridized carbons (Fsp3) is 0.462. The Labute approximate surface area is 118 Å². The molecule has 1 amide bonds. The summed E-state index contributed by atoms with van der Waals surface area (Å²) in [5, 5.41) is 6.06. The average molecular weight is 278 g/mol. The van der Waals surface area contributed by atoms with Crippen molar-refractivity contribution in [1.82, 2.24) is 10.3 Å². The number of thiocarbonyl (C=S) groups is 1. The van der Waals surface area contributed by atoms with Crippen molar-refractivity contribution in [2.45, 2.75) is 32.2 Å². The third-order valence-electron chi connectivity index (χ3n) is 2.89. The molecule has 0 saturated heterocycles. The molecule has 1 aliphatic rings. The fourth-order valence-corrected chi connectivity index (χ4v) is 1.88. The Bertz CT molecular complexity index is 499. The van der Waals surface area contributed by atoms with E-state index in [-0.39, 0.29) is 5.91 Å². The number of carbonyl (C=O) groups is 1. The quantitative estimate of drug-likeness (QED) is 0.679. The number of aromatic nitrogens is 1. The van der Waals surface area contributed by atoms with Crippen LogP contribution in [0, 0.1) is 6.92 Å². The monoisotopic (exact) mass is 278 g/mol. The molecular weight excluding hydrogens is 260 g/mol. The number of anilines is 1. The van der Waals surface area contributed by atoms with Crippen LogP contribution in [-0.2, 0) is 4.79 Å². The Morgan fingerprint density at radius 2 is 2.26 bits per heavy atom. The van der Waals surface area contributed by atoms with Gasteiger partial charge in [0.25, 0.3) is 0 Å². The summed E-state index contributed by atoms with van der Waals surface area (Å²) in [7, 11) is 0. The summed E-state index contributed by atoms with van der Waals surface area (Å²) in [6.45, 7) is 2.42. The second-order valence-electron chi connectivity index (χ2n) is 4.73. The van der Waals surface area contributed by atoms with Crippen molar-refractivity contribution in [2.75, 3.05) is 11.9 Å². The van der Waals surface area contributed by atoms with Crippen LogP contribution in [0.1, 0.15) is 30.5 Å². The van der Waals surface area contributed by atoms with Gasteiger partial charge in [0.2, 0.25) is 5.91 Å². The zero-order valence-corrected chi connectivity index (χ0v) is 11.7. The first kappa shape index (κ1) is 13.7.